The summed E-state index contributed by atoms with van der Waals surface area (Å²) in [4.78, 5) is 12.6. The van der Waals surface area contributed by atoms with Crippen molar-refractivity contribution in [2.45, 2.75) is 57.5 Å². The van der Waals surface area contributed by atoms with Gasteiger partial charge in [0.05, 0.1) is 24.5 Å². The van der Waals surface area contributed by atoms with Crippen molar-refractivity contribution in [1.82, 2.24) is 20.3 Å². The van der Waals surface area contributed by atoms with Crippen molar-refractivity contribution in [3.63, 3.8) is 0 Å². The lowest BCUT2D eigenvalue weighted by molar-refractivity contribution is -0.137. The summed E-state index contributed by atoms with van der Waals surface area (Å²) in [5.41, 5.74) is 1.12. The molecule has 0 aliphatic carbocycles. The first-order chi connectivity index (χ1) is 17.5. The van der Waals surface area contributed by atoms with Crippen LogP contribution in [0.25, 0.3) is 22.2 Å². The number of nitrogens with zero attached hydrogens (tertiary/aromatic N) is 3. The predicted octanol–water partition coefficient (Wildman–Crippen LogP) is 4.59. The Balaban J connectivity index is 1.82. The zero-order valence-corrected chi connectivity index (χ0v) is 20.3. The Kier molecular flexibility index (Phi) is 6.21. The van der Waals surface area contributed by atoms with E-state index in [0.29, 0.717) is 13.0 Å². The van der Waals surface area contributed by atoms with Gasteiger partial charge in [-0.15, -0.1) is 0 Å². The Bertz CT molecular complexity index is 1380. The second-order valence-corrected chi connectivity index (χ2v) is 9.37. The summed E-state index contributed by atoms with van der Waals surface area (Å²) in [6.45, 7) is 3.18. The number of ether oxygens (including phenoxy) is 2. The molecular weight excluding hydrogens is 499 g/mol. The number of nitrogen functional groups attached to an aromatic ring is 1. The first-order valence-corrected chi connectivity index (χ1v) is 11.8. The standard InChI is InChI=1S/C24H25F5N6O2/c1-9-6-11-4-5-12(32-11)8-31-21-15-20(34-23(35-21)36-3)18(26)19(33-22(15)37-9)13-7-14(30)17(25)10(2)16(13)24(27,28)29/h7,9,11-12,32H,4-6,8,30H2,1-3H3,(H,31,34,35)/t9-,11?,12?/m0/s1. The number of anilines is 2. The summed E-state index contributed by atoms with van der Waals surface area (Å²) in [7, 11) is 1.29. The van der Waals surface area contributed by atoms with Crippen LogP contribution in [0.15, 0.2) is 6.07 Å². The van der Waals surface area contributed by atoms with Crippen molar-refractivity contribution < 1.29 is 31.4 Å². The van der Waals surface area contributed by atoms with Crippen LogP contribution in [0.2, 0.25) is 0 Å². The molecule has 1 saturated heterocycles. The van der Waals surface area contributed by atoms with E-state index in [1.165, 1.54) is 7.11 Å². The molecule has 2 bridgehead atoms. The molecule has 13 heteroatoms. The highest BCUT2D eigenvalue weighted by Crippen LogP contribution is 2.44. The Hall–Kier alpha value is -3.48. The molecule has 198 valence electrons. The van der Waals surface area contributed by atoms with Crippen LogP contribution in [0.1, 0.15) is 37.3 Å². The zero-order chi connectivity index (χ0) is 26.6. The maximum atomic E-state index is 16.1. The molecule has 5 rings (SSSR count). The maximum absolute atomic E-state index is 16.1. The number of alkyl halides is 3. The molecule has 4 heterocycles. The van der Waals surface area contributed by atoms with E-state index in [9.17, 15) is 17.6 Å². The Morgan fingerprint density at radius 3 is 2.54 bits per heavy atom. The number of rotatable bonds is 2. The van der Waals surface area contributed by atoms with Crippen molar-refractivity contribution in [2.75, 3.05) is 24.7 Å². The van der Waals surface area contributed by atoms with Gasteiger partial charge in [-0.1, -0.05) is 0 Å². The van der Waals surface area contributed by atoms with Crippen LogP contribution in [0, 0.1) is 18.6 Å². The van der Waals surface area contributed by atoms with E-state index in [-0.39, 0.29) is 40.7 Å². The Morgan fingerprint density at radius 2 is 1.84 bits per heavy atom. The van der Waals surface area contributed by atoms with Crippen LogP contribution < -0.4 is 25.8 Å². The number of hydrogen-bond acceptors (Lipinski definition) is 8. The van der Waals surface area contributed by atoms with Gasteiger partial charge >= 0.3 is 12.2 Å². The average Bonchev–Trinajstić information content (AvgIpc) is 3.27. The van der Waals surface area contributed by atoms with Crippen molar-refractivity contribution in [3.05, 3.63) is 28.8 Å². The minimum Gasteiger partial charge on any atom is -0.474 e. The molecule has 2 aromatic heterocycles. The fourth-order valence-corrected chi connectivity index (χ4v) is 5.08. The molecule has 3 aromatic rings. The molecule has 8 nitrogen and oxygen atoms in total. The quantitative estimate of drug-likeness (QED) is 0.330. The SMILES string of the molecule is COc1nc2c3c(nc(-c4cc(N)c(F)c(C)c4C(F)(F)F)c(F)c3n1)O[C@@H](C)CC1CCC(CN2)N1. The van der Waals surface area contributed by atoms with Crippen LogP contribution in [0.4, 0.5) is 33.5 Å². The lowest BCUT2D eigenvalue weighted by atomic mass is 9.96. The molecular formula is C24H25F5N6O2. The fourth-order valence-electron chi connectivity index (χ4n) is 5.08. The maximum Gasteiger partial charge on any atom is 0.417 e. The highest BCUT2D eigenvalue weighted by molar-refractivity contribution is 5.96. The van der Waals surface area contributed by atoms with E-state index in [4.69, 9.17) is 15.2 Å². The molecule has 37 heavy (non-hydrogen) atoms. The van der Waals surface area contributed by atoms with Gasteiger partial charge in [0, 0.05) is 24.2 Å². The van der Waals surface area contributed by atoms with Crippen LogP contribution in [0.3, 0.4) is 0 Å². The number of aromatic nitrogens is 3. The van der Waals surface area contributed by atoms with E-state index in [1.807, 2.05) is 0 Å². The Morgan fingerprint density at radius 1 is 1.11 bits per heavy atom. The van der Waals surface area contributed by atoms with Crippen molar-refractivity contribution in [3.8, 4) is 23.1 Å². The third kappa shape index (κ3) is 4.45. The second-order valence-electron chi connectivity index (χ2n) is 9.37. The van der Waals surface area contributed by atoms with Gasteiger partial charge in [-0.3, -0.25) is 0 Å². The van der Waals surface area contributed by atoms with Gasteiger partial charge in [0.15, 0.2) is 5.82 Å². The summed E-state index contributed by atoms with van der Waals surface area (Å²) in [6.07, 6.45) is -3.03. The minimum absolute atomic E-state index is 0.0621. The van der Waals surface area contributed by atoms with Crippen molar-refractivity contribution >= 4 is 22.4 Å². The summed E-state index contributed by atoms with van der Waals surface area (Å²) >= 11 is 0. The van der Waals surface area contributed by atoms with Crippen molar-refractivity contribution in [1.29, 1.82) is 0 Å². The van der Waals surface area contributed by atoms with E-state index in [0.717, 1.165) is 25.8 Å². The summed E-state index contributed by atoms with van der Waals surface area (Å²) < 4.78 is 84.0. The van der Waals surface area contributed by atoms with Gasteiger partial charge in [-0.25, -0.2) is 13.8 Å². The number of nitrogens with one attached hydrogen (secondary N) is 2. The minimum atomic E-state index is -5.02. The summed E-state index contributed by atoms with van der Waals surface area (Å²) in [5, 5.41) is 6.73. The second kappa shape index (κ2) is 9.12. The third-order valence-corrected chi connectivity index (χ3v) is 6.76. The molecule has 0 spiro atoms. The average molecular weight is 524 g/mol. The predicted molar refractivity (Wildman–Crippen MR) is 127 cm³/mol. The lowest BCUT2D eigenvalue weighted by Gasteiger charge is -2.22. The topological polar surface area (TPSA) is 107 Å². The smallest absolute Gasteiger partial charge is 0.417 e. The van der Waals surface area contributed by atoms with E-state index >= 15 is 4.39 Å². The Labute approximate surface area is 208 Å². The molecule has 0 radical (unpaired) electrons. The van der Waals surface area contributed by atoms with E-state index < -0.39 is 52.0 Å². The largest absolute Gasteiger partial charge is 0.474 e. The van der Waals surface area contributed by atoms with Gasteiger partial charge in [0.2, 0.25) is 5.88 Å². The molecule has 0 amide bonds. The number of hydrogen-bond donors (Lipinski definition) is 3. The summed E-state index contributed by atoms with van der Waals surface area (Å²) in [6, 6.07) is 0.814. The number of pyridine rings is 1. The van der Waals surface area contributed by atoms with E-state index in [2.05, 4.69) is 25.6 Å². The molecule has 1 fully saturated rings. The molecule has 2 aliphatic heterocycles. The molecule has 0 saturated carbocycles. The molecule has 1 aromatic carbocycles. The fraction of sp³-hybridized carbons (Fsp3) is 0.458. The van der Waals surface area contributed by atoms with Gasteiger partial charge in [0.25, 0.3) is 0 Å². The number of fused-ring (bicyclic) bond motifs is 2. The van der Waals surface area contributed by atoms with Crippen LogP contribution in [-0.4, -0.2) is 46.8 Å². The number of methoxy groups -OCH3 is 1. The molecule has 3 atom stereocenters. The van der Waals surface area contributed by atoms with Gasteiger partial charge in [0.1, 0.15) is 28.2 Å². The molecule has 4 N–H and O–H groups in total. The van der Waals surface area contributed by atoms with E-state index in [1.54, 1.807) is 6.92 Å². The molecule has 2 aliphatic rings. The normalized spacial score (nSPS) is 21.8. The monoisotopic (exact) mass is 524 g/mol. The molecule has 2 unspecified atom stereocenters. The van der Waals surface area contributed by atoms with Crippen molar-refractivity contribution in [2.24, 2.45) is 0 Å². The zero-order valence-electron chi connectivity index (χ0n) is 20.3. The third-order valence-electron chi connectivity index (χ3n) is 6.76. The highest BCUT2D eigenvalue weighted by Gasteiger charge is 2.39. The van der Waals surface area contributed by atoms with Gasteiger partial charge < -0.3 is 25.8 Å². The van der Waals surface area contributed by atoms with Gasteiger partial charge in [-0.05, 0) is 44.7 Å². The summed E-state index contributed by atoms with van der Waals surface area (Å²) in [5.74, 6) is -2.40. The number of nitrogens with two attached hydrogens (primary N) is 1. The highest BCUT2D eigenvalue weighted by atomic mass is 19.4. The van der Waals surface area contributed by atoms with Crippen LogP contribution in [-0.2, 0) is 6.18 Å². The van der Waals surface area contributed by atoms with Crippen LogP contribution >= 0.6 is 0 Å². The number of benzene rings is 1. The first kappa shape index (κ1) is 25.2. The van der Waals surface area contributed by atoms with Gasteiger partial charge in [-0.2, -0.15) is 23.1 Å². The lowest BCUT2D eigenvalue weighted by Crippen LogP contribution is -2.36. The van der Waals surface area contributed by atoms with Crippen LogP contribution in [0.5, 0.6) is 11.9 Å². The number of halogens is 5. The first-order valence-electron chi connectivity index (χ1n) is 11.8.